The number of nitrogens with one attached hydrogen (secondary N) is 2. The number of aliphatic hydroxyl groups is 1. The second-order valence-electron chi connectivity index (χ2n) is 6.47. The van der Waals surface area contributed by atoms with Crippen LogP contribution in [-0.2, 0) is 12.7 Å². The number of aliphatic hydroxyl groups excluding tert-OH is 1. The van der Waals surface area contributed by atoms with Crippen molar-refractivity contribution in [2.24, 2.45) is 0 Å². The summed E-state index contributed by atoms with van der Waals surface area (Å²) in [5, 5.41) is 18.2. The SMILES string of the molecule is CCO.FC(F)(F)c1ccc(Nc2nc3cccc(NCc4ccccc4)n3n2)cc1.[HH].[HH]. The van der Waals surface area contributed by atoms with Crippen LogP contribution in [0, 0.1) is 0 Å². The van der Waals surface area contributed by atoms with Gasteiger partial charge in [-0.05, 0) is 48.9 Å². The third-order valence-electron chi connectivity index (χ3n) is 4.14. The smallest absolute Gasteiger partial charge is 0.397 e. The van der Waals surface area contributed by atoms with Crippen LogP contribution in [0.5, 0.6) is 0 Å². The molecule has 0 atom stereocenters. The normalized spacial score (nSPS) is 11.0. The maximum atomic E-state index is 12.7. The zero-order valence-electron chi connectivity index (χ0n) is 16.8. The zero-order valence-corrected chi connectivity index (χ0v) is 16.8. The van der Waals surface area contributed by atoms with Gasteiger partial charge in [0.1, 0.15) is 5.82 Å². The van der Waals surface area contributed by atoms with Gasteiger partial charge in [0, 0.05) is 21.7 Å². The Morgan fingerprint density at radius 3 is 2.29 bits per heavy atom. The standard InChI is InChI=1S/C20H16F3N5.C2H6O.2H2/c21-20(22,23)15-9-11-16(12-10-15)25-19-26-18-8-4-7-17(28(18)27-19)24-13-14-5-2-1-3-6-14;1-2-3;;/h1-12,24H,13H2,(H,25,27);3H,2H2,1H3;2*1H. The van der Waals surface area contributed by atoms with Crippen molar-refractivity contribution in [2.75, 3.05) is 17.2 Å². The number of nitrogens with zero attached hydrogens (tertiary/aromatic N) is 3. The summed E-state index contributed by atoms with van der Waals surface area (Å²) in [4.78, 5) is 4.37. The molecule has 2 heterocycles. The minimum Gasteiger partial charge on any atom is -0.397 e. The molecule has 0 fully saturated rings. The molecule has 9 heteroatoms. The fourth-order valence-electron chi connectivity index (χ4n) is 2.75. The highest BCUT2D eigenvalue weighted by molar-refractivity contribution is 5.58. The Kier molecular flexibility index (Phi) is 7.09. The maximum absolute atomic E-state index is 12.7. The molecular formula is C22H26F3N5O. The van der Waals surface area contributed by atoms with E-state index in [0.29, 0.717) is 23.8 Å². The van der Waals surface area contributed by atoms with Gasteiger partial charge in [0.25, 0.3) is 0 Å². The van der Waals surface area contributed by atoms with Crippen molar-refractivity contribution in [1.29, 1.82) is 0 Å². The van der Waals surface area contributed by atoms with Crippen LogP contribution >= 0.6 is 0 Å². The van der Waals surface area contributed by atoms with Crippen LogP contribution in [0.25, 0.3) is 5.65 Å². The number of fused-ring (bicyclic) bond motifs is 1. The Morgan fingerprint density at radius 2 is 1.65 bits per heavy atom. The van der Waals surface area contributed by atoms with Gasteiger partial charge in [0.05, 0.1) is 5.56 Å². The van der Waals surface area contributed by atoms with Gasteiger partial charge < -0.3 is 15.7 Å². The molecule has 6 nitrogen and oxygen atoms in total. The summed E-state index contributed by atoms with van der Waals surface area (Å²) in [6.07, 6.45) is -4.36. The number of benzene rings is 2. The Balaban J connectivity index is 0.00000103. The lowest BCUT2D eigenvalue weighted by Crippen LogP contribution is -2.05. The molecule has 0 aliphatic heterocycles. The molecule has 4 rings (SSSR count). The molecule has 0 bridgehead atoms. The van der Waals surface area contributed by atoms with E-state index in [9.17, 15) is 13.2 Å². The Labute approximate surface area is 180 Å². The predicted molar refractivity (Wildman–Crippen MR) is 118 cm³/mol. The summed E-state index contributed by atoms with van der Waals surface area (Å²) < 4.78 is 39.7. The molecule has 166 valence electrons. The molecule has 31 heavy (non-hydrogen) atoms. The highest BCUT2D eigenvalue weighted by Crippen LogP contribution is 2.30. The van der Waals surface area contributed by atoms with Gasteiger partial charge in [-0.1, -0.05) is 36.4 Å². The van der Waals surface area contributed by atoms with Crippen molar-refractivity contribution in [3.05, 3.63) is 83.9 Å². The van der Waals surface area contributed by atoms with Crippen molar-refractivity contribution in [3.63, 3.8) is 0 Å². The molecule has 0 aliphatic carbocycles. The number of halogens is 3. The molecular weight excluding hydrogens is 407 g/mol. The molecule has 0 amide bonds. The Bertz CT molecular complexity index is 1110. The second kappa shape index (κ2) is 9.94. The molecule has 0 spiro atoms. The third kappa shape index (κ3) is 5.95. The van der Waals surface area contributed by atoms with Crippen LogP contribution < -0.4 is 10.6 Å². The van der Waals surface area contributed by atoms with Crippen molar-refractivity contribution >= 4 is 23.1 Å². The molecule has 0 aliphatic rings. The quantitative estimate of drug-likeness (QED) is 0.382. The van der Waals surface area contributed by atoms with Crippen LogP contribution in [-0.4, -0.2) is 26.3 Å². The minimum absolute atomic E-state index is 0. The average Bonchev–Trinajstić information content (AvgIpc) is 3.16. The van der Waals surface area contributed by atoms with Crippen LogP contribution in [0.4, 0.5) is 30.6 Å². The van der Waals surface area contributed by atoms with Crippen molar-refractivity contribution in [1.82, 2.24) is 14.6 Å². The van der Waals surface area contributed by atoms with Gasteiger partial charge in [-0.15, -0.1) is 5.10 Å². The van der Waals surface area contributed by atoms with Crippen LogP contribution in [0.15, 0.2) is 72.8 Å². The average molecular weight is 433 g/mol. The highest BCUT2D eigenvalue weighted by Gasteiger charge is 2.29. The summed E-state index contributed by atoms with van der Waals surface area (Å²) in [5.74, 6) is 1.06. The minimum atomic E-state index is -4.36. The summed E-state index contributed by atoms with van der Waals surface area (Å²) in [6, 6.07) is 20.2. The first-order valence-corrected chi connectivity index (χ1v) is 9.59. The number of alkyl halides is 3. The number of hydrogen-bond donors (Lipinski definition) is 3. The van der Waals surface area contributed by atoms with Gasteiger partial charge in [-0.25, -0.2) is 0 Å². The number of hydrogen-bond acceptors (Lipinski definition) is 5. The number of anilines is 3. The fraction of sp³-hybridized carbons (Fsp3) is 0.182. The van der Waals surface area contributed by atoms with E-state index >= 15 is 0 Å². The first-order chi connectivity index (χ1) is 14.9. The van der Waals surface area contributed by atoms with E-state index in [1.54, 1.807) is 17.5 Å². The van der Waals surface area contributed by atoms with Crippen LogP contribution in [0.2, 0.25) is 0 Å². The first kappa shape index (κ1) is 22.1. The molecule has 4 aromatic rings. The molecule has 3 N–H and O–H groups in total. The Morgan fingerprint density at radius 1 is 0.968 bits per heavy atom. The summed E-state index contributed by atoms with van der Waals surface area (Å²) in [5.41, 5.74) is 1.52. The van der Waals surface area contributed by atoms with Gasteiger partial charge in [-0.3, -0.25) is 0 Å². The van der Waals surface area contributed by atoms with Crippen molar-refractivity contribution in [3.8, 4) is 0 Å². The number of aromatic nitrogens is 3. The lowest BCUT2D eigenvalue weighted by Gasteiger charge is -2.08. The Hall–Kier alpha value is -3.59. The summed E-state index contributed by atoms with van der Waals surface area (Å²) in [7, 11) is 0. The van der Waals surface area contributed by atoms with Gasteiger partial charge in [0.2, 0.25) is 5.95 Å². The topological polar surface area (TPSA) is 74.5 Å². The number of pyridine rings is 1. The van der Waals surface area contributed by atoms with E-state index in [1.165, 1.54) is 12.1 Å². The van der Waals surface area contributed by atoms with Gasteiger partial charge in [-0.2, -0.15) is 22.7 Å². The molecule has 0 radical (unpaired) electrons. The third-order valence-corrected chi connectivity index (χ3v) is 4.14. The van der Waals surface area contributed by atoms with Gasteiger partial charge in [0.15, 0.2) is 5.65 Å². The number of rotatable bonds is 5. The van der Waals surface area contributed by atoms with Crippen LogP contribution in [0.1, 0.15) is 20.9 Å². The summed E-state index contributed by atoms with van der Waals surface area (Å²) in [6.45, 7) is 2.56. The predicted octanol–water partition coefficient (Wildman–Crippen LogP) is 5.59. The fourth-order valence-corrected chi connectivity index (χ4v) is 2.75. The van der Waals surface area contributed by atoms with E-state index in [0.717, 1.165) is 23.5 Å². The van der Waals surface area contributed by atoms with E-state index in [2.05, 4.69) is 20.7 Å². The lowest BCUT2D eigenvalue weighted by molar-refractivity contribution is -0.137. The van der Waals surface area contributed by atoms with Crippen molar-refractivity contribution in [2.45, 2.75) is 19.6 Å². The lowest BCUT2D eigenvalue weighted by atomic mass is 10.2. The molecule has 0 saturated heterocycles. The second-order valence-corrected chi connectivity index (χ2v) is 6.47. The van der Waals surface area contributed by atoms with Crippen molar-refractivity contribution < 1.29 is 21.1 Å². The van der Waals surface area contributed by atoms with Crippen LogP contribution in [0.3, 0.4) is 0 Å². The highest BCUT2D eigenvalue weighted by atomic mass is 19.4. The van der Waals surface area contributed by atoms with E-state index in [-0.39, 0.29) is 9.46 Å². The molecule has 0 saturated carbocycles. The molecule has 0 unspecified atom stereocenters. The van der Waals surface area contributed by atoms with E-state index in [4.69, 9.17) is 5.11 Å². The van der Waals surface area contributed by atoms with E-state index in [1.807, 2.05) is 42.5 Å². The maximum Gasteiger partial charge on any atom is 0.416 e. The molecule has 2 aromatic heterocycles. The molecule has 2 aromatic carbocycles. The summed E-state index contributed by atoms with van der Waals surface area (Å²) >= 11 is 0. The first-order valence-electron chi connectivity index (χ1n) is 9.59. The largest absolute Gasteiger partial charge is 0.416 e. The van der Waals surface area contributed by atoms with Gasteiger partial charge >= 0.3 is 6.18 Å². The monoisotopic (exact) mass is 433 g/mol. The van der Waals surface area contributed by atoms with E-state index < -0.39 is 11.7 Å². The zero-order chi connectivity index (χ0) is 22.3.